The van der Waals surface area contributed by atoms with Crippen LogP contribution in [-0.4, -0.2) is 347 Å². The van der Waals surface area contributed by atoms with Crippen LogP contribution in [0.3, 0.4) is 0 Å². The molecule has 7 fully saturated rings. The standard InChI is InChI=1S/7C10H14.C9H19N2.C8H17N2.C8H19N2.C8H15N2.2C8H21N2.C7H19N2/c7*1-3-9(2)10-7-5-4-6-8-10;1-3-11-6-4-10(5-7-11)8-9(11)2;1-2-10-6-3-9(4-7-10)5-8-10;2*1-4-10(3)7-5-9(2)6-8-10;1-6-9(3)8-10(4,5)7-2;1-6-10(5,7-2)8-9(3)4;1-6-9(4,5)7-8(2)3/h7*4-9H,3H2,1-2H3;9H,3-8H2,1-2H3;2-8H2,1H3;4-8H2,1-3H3;5-8H,4H2,1-3H3;2*6-8H2,1-5H3;6-7H2,1-5H3/q;;;;;;;7*+1. The Labute approximate surface area is 870 Å². The van der Waals surface area contributed by atoms with Crippen LogP contribution >= 0.6 is 0 Å². The Morgan fingerprint density at radius 3 is 0.757 bits per heavy atom. The molecule has 7 aromatic rings. The van der Waals surface area contributed by atoms with Crippen LogP contribution in [0.2, 0.25) is 0 Å². The Hall–Kier alpha value is -6.70. The summed E-state index contributed by atoms with van der Waals surface area (Å²) >= 11 is 0. The number of nitrogens with zero attached hydrogens (tertiary/aromatic N) is 14. The number of fused-ring (bicyclic) bond motifs is 6. The predicted molar refractivity (Wildman–Crippen MR) is 624 cm³/mol. The van der Waals surface area contributed by atoms with E-state index < -0.39 is 0 Å². The first-order chi connectivity index (χ1) is 66.4. The van der Waals surface area contributed by atoms with Gasteiger partial charge in [0.15, 0.2) is 0 Å². The highest BCUT2D eigenvalue weighted by Gasteiger charge is 2.43. The summed E-state index contributed by atoms with van der Waals surface area (Å²) in [6, 6.07) is 75.3. The van der Waals surface area contributed by atoms with Crippen molar-refractivity contribution < 1.29 is 31.4 Å². The molecule has 4 bridgehead atoms. The molecule has 0 aromatic heterocycles. The van der Waals surface area contributed by atoms with Crippen molar-refractivity contribution >= 4 is 0 Å². The lowest BCUT2D eigenvalue weighted by atomic mass is 9.99. The van der Waals surface area contributed by atoms with E-state index >= 15 is 0 Å². The molecule has 0 radical (unpaired) electrons. The number of rotatable bonds is 29. The summed E-state index contributed by atoms with van der Waals surface area (Å²) < 4.78 is 8.30. The molecule has 0 spiro atoms. The SMILES string of the molecule is CCC(C)c1ccccc1.CCC(C)c1ccccc1.CCC(C)c1ccccc1.CCC(C)c1ccccc1.CCC(C)c1ccccc1.CCC(C)c1ccccc1.CCC(C)c1ccccc1.CCN(C)C[N+](C)(C)CC.CC[N+](C)(C)CN(C)C.CC[N+](C)(CC)CN(C)C.CC[N+]1(C)C=CN(C)C=C1.CC[N+]1(C)CCN(C)CC1.CC[N+]12CCN(CC1)CC2.CC[N+]12CCN(CC1)CC2C. The van der Waals surface area contributed by atoms with Gasteiger partial charge in [-0.3, -0.25) is 33.9 Å². The molecule has 140 heavy (non-hydrogen) atoms. The summed E-state index contributed by atoms with van der Waals surface area (Å²) in [5, 5.41) is 0. The van der Waals surface area contributed by atoms with Crippen LogP contribution < -0.4 is 0 Å². The normalized spacial score (nSPS) is 19.8. The molecule has 8 heterocycles. The second-order valence-electron chi connectivity index (χ2n) is 44.0. The Kier molecular flexibility index (Phi) is 71.5. The largest absolute Gasteiger partial charge is 0.348 e. The van der Waals surface area contributed by atoms with Crippen LogP contribution in [0.1, 0.15) is 291 Å². The van der Waals surface area contributed by atoms with E-state index in [1.54, 1.807) is 0 Å². The fraction of sp³-hybridized carbons (Fsp3) is 0.635. The molecule has 14 heteroatoms. The van der Waals surface area contributed by atoms with Gasteiger partial charge in [0.2, 0.25) is 0 Å². The second-order valence-corrected chi connectivity index (χ2v) is 44.0. The molecule has 8 atom stereocenters. The van der Waals surface area contributed by atoms with Gasteiger partial charge in [0.25, 0.3) is 0 Å². The molecule has 14 nitrogen and oxygen atoms in total. The van der Waals surface area contributed by atoms with Crippen LogP contribution in [-0.2, 0) is 0 Å². The highest BCUT2D eigenvalue weighted by molar-refractivity contribution is 5.23. The molecular weight excluding hydrogens is 1710 g/mol. The molecule has 0 aliphatic carbocycles. The Bertz CT molecular complexity index is 3550. The zero-order valence-corrected chi connectivity index (χ0v) is 98.9. The maximum Gasteiger partial charge on any atom is 0.134 e. The van der Waals surface area contributed by atoms with E-state index in [1.165, 1.54) is 241 Å². The van der Waals surface area contributed by atoms with Crippen molar-refractivity contribution in [1.82, 2.24) is 34.3 Å². The number of benzene rings is 7. The van der Waals surface area contributed by atoms with Gasteiger partial charge in [-0.05, 0) is 230 Å². The summed E-state index contributed by atoms with van der Waals surface area (Å²) in [6.45, 7) is 88.8. The van der Waals surface area contributed by atoms with Crippen molar-refractivity contribution in [2.75, 3.05) is 276 Å². The second kappa shape index (κ2) is 75.1. The van der Waals surface area contributed by atoms with Crippen LogP contribution in [0.25, 0.3) is 0 Å². The van der Waals surface area contributed by atoms with Crippen molar-refractivity contribution in [3.8, 4) is 0 Å². The smallest absolute Gasteiger partial charge is 0.134 e. The van der Waals surface area contributed by atoms with Crippen molar-refractivity contribution in [1.29, 1.82) is 0 Å². The lowest BCUT2D eigenvalue weighted by molar-refractivity contribution is -0.960. The van der Waals surface area contributed by atoms with E-state index in [1.807, 2.05) is 7.05 Å². The molecule has 796 valence electrons. The van der Waals surface area contributed by atoms with Crippen LogP contribution in [0.15, 0.2) is 237 Å². The summed E-state index contributed by atoms with van der Waals surface area (Å²) in [5.74, 6) is 4.97. The lowest BCUT2D eigenvalue weighted by Crippen LogP contribution is -2.71. The fourth-order valence-corrected chi connectivity index (χ4v) is 17.0. The van der Waals surface area contributed by atoms with Crippen LogP contribution in [0.5, 0.6) is 0 Å². The molecule has 8 aliphatic rings. The molecule has 7 saturated heterocycles. The highest BCUT2D eigenvalue weighted by Crippen LogP contribution is 2.27. The average Bonchev–Trinajstić information content (AvgIpc) is 0.775. The number of quaternary nitrogens is 7. The monoisotopic (exact) mass is 1940 g/mol. The Morgan fingerprint density at radius 1 is 0.314 bits per heavy atom. The molecule has 15 rings (SSSR count). The number of likely N-dealkylation sites (N-methyl/N-ethyl adjacent to an activating group) is 4. The highest BCUT2D eigenvalue weighted by atomic mass is 15.5. The Balaban J connectivity index is 0.00000149. The number of hydrogen-bond donors (Lipinski definition) is 0. The minimum atomic E-state index is 0.709. The minimum Gasteiger partial charge on any atom is -0.348 e. The maximum absolute atomic E-state index is 2.61. The zero-order valence-electron chi connectivity index (χ0n) is 98.9. The van der Waals surface area contributed by atoms with E-state index in [0.717, 1.165) is 57.1 Å². The van der Waals surface area contributed by atoms with Gasteiger partial charge in [0.1, 0.15) is 32.4 Å². The fourth-order valence-electron chi connectivity index (χ4n) is 17.0. The summed E-state index contributed by atoms with van der Waals surface area (Å²) in [4.78, 5) is 16.5. The van der Waals surface area contributed by atoms with Gasteiger partial charge in [0, 0.05) is 59.4 Å². The lowest BCUT2D eigenvalue weighted by Gasteiger charge is -2.54. The molecule has 8 unspecified atom stereocenters. The number of piperazine rings is 7. The first-order valence-corrected chi connectivity index (χ1v) is 55.8. The van der Waals surface area contributed by atoms with Gasteiger partial charge >= 0.3 is 0 Å². The van der Waals surface area contributed by atoms with E-state index in [9.17, 15) is 0 Å². The summed E-state index contributed by atoms with van der Waals surface area (Å²) in [7, 11) is 30.7. The molecule has 0 N–H and O–H groups in total. The van der Waals surface area contributed by atoms with Crippen LogP contribution in [0, 0.1) is 0 Å². The molecule has 0 amide bonds. The molecule has 0 saturated carbocycles. The minimum absolute atomic E-state index is 0.709. The summed E-state index contributed by atoms with van der Waals surface area (Å²) in [6.07, 6.45) is 17.1. The Morgan fingerprint density at radius 2 is 0.579 bits per heavy atom. The molecule has 8 aliphatic heterocycles. The van der Waals surface area contributed by atoms with E-state index in [4.69, 9.17) is 0 Å². The van der Waals surface area contributed by atoms with Gasteiger partial charge in [-0.2, -0.15) is 0 Å². The first kappa shape index (κ1) is 133. The zero-order chi connectivity index (χ0) is 106. The van der Waals surface area contributed by atoms with Crippen molar-refractivity contribution in [2.24, 2.45) is 0 Å². The summed E-state index contributed by atoms with van der Waals surface area (Å²) in [5.41, 5.74) is 10.1. The van der Waals surface area contributed by atoms with E-state index in [0.29, 0.717) is 41.4 Å². The van der Waals surface area contributed by atoms with E-state index in [-0.39, 0.29) is 0 Å². The molecule has 7 aromatic carbocycles. The third-order valence-electron chi connectivity index (χ3n) is 31.5. The quantitative estimate of drug-likeness (QED) is 0.0340. The van der Waals surface area contributed by atoms with Crippen LogP contribution in [0.4, 0.5) is 0 Å². The maximum atomic E-state index is 2.61. The van der Waals surface area contributed by atoms with Crippen molar-refractivity contribution in [2.45, 2.75) is 259 Å². The van der Waals surface area contributed by atoms with Crippen molar-refractivity contribution in [3.05, 3.63) is 276 Å². The topological polar surface area (TPSA) is 22.7 Å². The molecular formula is C126H229N14+7. The van der Waals surface area contributed by atoms with Crippen molar-refractivity contribution in [3.63, 3.8) is 0 Å². The number of hydrogen-bond acceptors (Lipinski definition) is 7. The van der Waals surface area contributed by atoms with Gasteiger partial charge in [-0.1, -0.05) is 316 Å². The van der Waals surface area contributed by atoms with Gasteiger partial charge < -0.3 is 31.8 Å². The van der Waals surface area contributed by atoms with Gasteiger partial charge in [0.05, 0.1) is 172 Å². The van der Waals surface area contributed by atoms with Gasteiger partial charge in [-0.15, -0.1) is 0 Å². The third-order valence-corrected chi connectivity index (χ3v) is 31.5. The predicted octanol–water partition coefficient (Wildman–Crippen LogP) is 27.4. The van der Waals surface area contributed by atoms with E-state index in [2.05, 4.69) is 529 Å². The first-order valence-electron chi connectivity index (χ1n) is 55.8. The third kappa shape index (κ3) is 57.9. The average molecular weight is 1940 g/mol. The van der Waals surface area contributed by atoms with Gasteiger partial charge in [-0.25, -0.2) is 0 Å².